The molecule has 1 amide bonds. The molecule has 0 unspecified atom stereocenters. The van der Waals surface area contributed by atoms with Crippen molar-refractivity contribution in [2.45, 2.75) is 26.2 Å². The molecule has 3 rings (SSSR count). The van der Waals surface area contributed by atoms with E-state index < -0.39 is 0 Å². The van der Waals surface area contributed by atoms with Crippen LogP contribution < -0.4 is 10.6 Å². The van der Waals surface area contributed by atoms with Crippen molar-refractivity contribution in [2.75, 3.05) is 6.61 Å². The van der Waals surface area contributed by atoms with Crippen molar-refractivity contribution in [3.05, 3.63) is 70.8 Å². The number of carbonyl (C=O) groups excluding carboxylic acids is 1. The van der Waals surface area contributed by atoms with Gasteiger partial charge in [-0.2, -0.15) is 0 Å². The summed E-state index contributed by atoms with van der Waals surface area (Å²) in [6, 6.07) is 16.2. The first-order valence-electron chi connectivity index (χ1n) is 7.51. The summed E-state index contributed by atoms with van der Waals surface area (Å²) in [6.45, 7) is 2.94. The van der Waals surface area contributed by atoms with Crippen LogP contribution in [0.5, 0.6) is 0 Å². The molecule has 0 aromatic heterocycles. The van der Waals surface area contributed by atoms with Crippen molar-refractivity contribution in [3.63, 3.8) is 0 Å². The summed E-state index contributed by atoms with van der Waals surface area (Å²) in [5, 5.41) is 6.21. The molecule has 0 saturated heterocycles. The zero-order valence-electron chi connectivity index (χ0n) is 12.5. The molecule has 1 aliphatic heterocycles. The average molecular weight is 296 g/mol. The Bertz CT molecular complexity index is 641. The average Bonchev–Trinajstić information content (AvgIpc) is 3.01. The Morgan fingerprint density at radius 2 is 1.86 bits per heavy atom. The summed E-state index contributed by atoms with van der Waals surface area (Å²) in [4.78, 5) is 11.8. The number of fused-ring (bicyclic) bond motifs is 1. The minimum absolute atomic E-state index is 0.0847. The Hall–Kier alpha value is -2.17. The Balaban J connectivity index is 1.41. The van der Waals surface area contributed by atoms with Gasteiger partial charge in [-0.05, 0) is 22.3 Å². The first-order valence-corrected chi connectivity index (χ1v) is 7.51. The molecule has 0 bridgehead atoms. The van der Waals surface area contributed by atoms with E-state index in [4.69, 9.17) is 4.74 Å². The minimum Gasteiger partial charge on any atom is -0.367 e. The number of carbonyl (C=O) groups is 1. The van der Waals surface area contributed by atoms with Crippen LogP contribution in [-0.2, 0) is 35.8 Å². The van der Waals surface area contributed by atoms with Crippen LogP contribution in [0.3, 0.4) is 0 Å². The monoisotopic (exact) mass is 296 g/mol. The first kappa shape index (κ1) is 14.8. The quantitative estimate of drug-likeness (QED) is 0.858. The fourth-order valence-electron chi connectivity index (χ4n) is 2.55. The summed E-state index contributed by atoms with van der Waals surface area (Å²) in [5.41, 5.74) is 4.87. The molecule has 0 fully saturated rings. The van der Waals surface area contributed by atoms with Gasteiger partial charge < -0.3 is 15.4 Å². The zero-order chi connectivity index (χ0) is 15.2. The van der Waals surface area contributed by atoms with Crippen LogP contribution in [-0.4, -0.2) is 12.5 Å². The summed E-state index contributed by atoms with van der Waals surface area (Å²) in [6.07, 6.45) is 0. The highest BCUT2D eigenvalue weighted by molar-refractivity contribution is 5.77. The van der Waals surface area contributed by atoms with Crippen molar-refractivity contribution in [1.29, 1.82) is 0 Å². The van der Waals surface area contributed by atoms with E-state index in [1.807, 2.05) is 30.3 Å². The highest BCUT2D eigenvalue weighted by Gasteiger charge is 2.10. The van der Waals surface area contributed by atoms with Gasteiger partial charge in [0.2, 0.25) is 5.91 Å². The van der Waals surface area contributed by atoms with Gasteiger partial charge >= 0.3 is 0 Å². The summed E-state index contributed by atoms with van der Waals surface area (Å²) in [5.74, 6) is -0.0884. The Morgan fingerprint density at radius 3 is 2.73 bits per heavy atom. The molecule has 22 heavy (non-hydrogen) atoms. The number of nitrogens with one attached hydrogen (secondary N) is 2. The second-order valence-corrected chi connectivity index (χ2v) is 5.46. The molecule has 1 aliphatic rings. The van der Waals surface area contributed by atoms with Crippen LogP contribution in [0.2, 0.25) is 0 Å². The molecule has 4 nitrogen and oxygen atoms in total. The van der Waals surface area contributed by atoms with Gasteiger partial charge in [-0.25, -0.2) is 0 Å². The lowest BCUT2D eigenvalue weighted by molar-refractivity contribution is -0.126. The van der Waals surface area contributed by atoms with Crippen LogP contribution in [0.15, 0.2) is 48.5 Å². The maximum absolute atomic E-state index is 11.8. The summed E-state index contributed by atoms with van der Waals surface area (Å²) < 4.78 is 5.42. The Morgan fingerprint density at radius 1 is 1.05 bits per heavy atom. The first-order chi connectivity index (χ1) is 10.8. The van der Waals surface area contributed by atoms with E-state index in [2.05, 4.69) is 28.8 Å². The van der Waals surface area contributed by atoms with Crippen molar-refractivity contribution in [1.82, 2.24) is 10.6 Å². The number of ether oxygens (including phenoxy) is 1. The van der Waals surface area contributed by atoms with Gasteiger partial charge in [-0.3, -0.25) is 4.79 Å². The van der Waals surface area contributed by atoms with Gasteiger partial charge in [-0.15, -0.1) is 0 Å². The van der Waals surface area contributed by atoms with Gasteiger partial charge in [0.1, 0.15) is 6.61 Å². The Labute approximate surface area is 130 Å². The SMILES string of the molecule is O=C(COCc1ccccc1)NCc1ccc2c(c1)CNC2. The van der Waals surface area contributed by atoms with Gasteiger partial charge in [0, 0.05) is 19.6 Å². The van der Waals surface area contributed by atoms with Crippen LogP contribution >= 0.6 is 0 Å². The number of amides is 1. The third kappa shape index (κ3) is 3.93. The predicted molar refractivity (Wildman–Crippen MR) is 84.9 cm³/mol. The fourth-order valence-corrected chi connectivity index (χ4v) is 2.55. The lowest BCUT2D eigenvalue weighted by atomic mass is 10.1. The lowest BCUT2D eigenvalue weighted by Crippen LogP contribution is -2.27. The van der Waals surface area contributed by atoms with Gasteiger partial charge in [0.15, 0.2) is 0 Å². The normalized spacial score (nSPS) is 12.9. The van der Waals surface area contributed by atoms with Gasteiger partial charge in [0.25, 0.3) is 0 Å². The predicted octanol–water partition coefficient (Wildman–Crippen LogP) is 2.12. The van der Waals surface area contributed by atoms with E-state index in [1.165, 1.54) is 11.1 Å². The van der Waals surface area contributed by atoms with Gasteiger partial charge in [0.05, 0.1) is 6.61 Å². The molecule has 0 atom stereocenters. The van der Waals surface area contributed by atoms with Crippen molar-refractivity contribution < 1.29 is 9.53 Å². The maximum atomic E-state index is 11.8. The van der Waals surface area contributed by atoms with E-state index in [1.54, 1.807) is 0 Å². The zero-order valence-corrected chi connectivity index (χ0v) is 12.5. The third-order valence-electron chi connectivity index (χ3n) is 3.74. The molecule has 1 heterocycles. The van der Waals surface area contributed by atoms with E-state index in [-0.39, 0.29) is 12.5 Å². The molecule has 2 aromatic carbocycles. The molecule has 0 saturated carbocycles. The molecular weight excluding hydrogens is 276 g/mol. The topological polar surface area (TPSA) is 50.4 Å². The third-order valence-corrected chi connectivity index (χ3v) is 3.74. The highest BCUT2D eigenvalue weighted by Crippen LogP contribution is 2.16. The molecule has 4 heteroatoms. The van der Waals surface area contributed by atoms with Crippen molar-refractivity contribution in [2.24, 2.45) is 0 Å². The van der Waals surface area contributed by atoms with E-state index >= 15 is 0 Å². The number of hydrogen-bond donors (Lipinski definition) is 2. The van der Waals surface area contributed by atoms with Crippen LogP contribution in [0, 0.1) is 0 Å². The van der Waals surface area contributed by atoms with Crippen molar-refractivity contribution in [3.8, 4) is 0 Å². The number of hydrogen-bond acceptors (Lipinski definition) is 3. The minimum atomic E-state index is -0.0884. The second kappa shape index (κ2) is 7.20. The molecule has 0 radical (unpaired) electrons. The summed E-state index contributed by atoms with van der Waals surface area (Å²) in [7, 11) is 0. The molecule has 0 spiro atoms. The van der Waals surface area contributed by atoms with Crippen LogP contribution in [0.4, 0.5) is 0 Å². The van der Waals surface area contributed by atoms with Crippen LogP contribution in [0.1, 0.15) is 22.3 Å². The summed E-state index contributed by atoms with van der Waals surface area (Å²) >= 11 is 0. The molecule has 2 N–H and O–H groups in total. The van der Waals surface area contributed by atoms with Crippen LogP contribution in [0.25, 0.3) is 0 Å². The maximum Gasteiger partial charge on any atom is 0.246 e. The van der Waals surface area contributed by atoms with E-state index in [0.717, 1.165) is 24.2 Å². The number of rotatable bonds is 6. The van der Waals surface area contributed by atoms with E-state index in [0.29, 0.717) is 13.2 Å². The smallest absolute Gasteiger partial charge is 0.246 e. The standard InChI is InChI=1S/C18H20N2O2/c21-18(13-22-12-14-4-2-1-3-5-14)20-9-15-6-7-16-10-19-11-17(16)8-15/h1-8,19H,9-13H2,(H,20,21). The van der Waals surface area contributed by atoms with Gasteiger partial charge in [-0.1, -0.05) is 48.5 Å². The highest BCUT2D eigenvalue weighted by atomic mass is 16.5. The molecule has 0 aliphatic carbocycles. The van der Waals surface area contributed by atoms with E-state index in [9.17, 15) is 4.79 Å². The van der Waals surface area contributed by atoms with Crippen molar-refractivity contribution >= 4 is 5.91 Å². The lowest BCUT2D eigenvalue weighted by Gasteiger charge is -2.08. The second-order valence-electron chi connectivity index (χ2n) is 5.46. The number of benzene rings is 2. The molecule has 114 valence electrons. The molecule has 2 aromatic rings. The fraction of sp³-hybridized carbons (Fsp3) is 0.278. The largest absolute Gasteiger partial charge is 0.367 e. The Kier molecular flexibility index (Phi) is 4.83. The molecular formula is C18H20N2O2.